The van der Waals surface area contributed by atoms with Crippen molar-refractivity contribution in [3.05, 3.63) is 64.1 Å². The summed E-state index contributed by atoms with van der Waals surface area (Å²) in [6.45, 7) is 0.163. The van der Waals surface area contributed by atoms with Gasteiger partial charge in [-0.1, -0.05) is 30.2 Å². The molecule has 5 heteroatoms. The first-order valence-corrected chi connectivity index (χ1v) is 7.77. The van der Waals surface area contributed by atoms with Gasteiger partial charge in [-0.2, -0.15) is 5.26 Å². The fraction of sp³-hybridized carbons (Fsp3) is 0.0526. The molecule has 0 aliphatic heterocycles. The lowest BCUT2D eigenvalue weighted by atomic mass is 10.1. The molecule has 2 aromatic carbocycles. The zero-order valence-electron chi connectivity index (χ0n) is 12.6. The molecule has 118 valence electrons. The average molecular weight is 381 g/mol. The van der Waals surface area contributed by atoms with Crippen molar-refractivity contribution in [2.45, 2.75) is 0 Å². The Balaban J connectivity index is 2.18. The summed E-state index contributed by atoms with van der Waals surface area (Å²) in [7, 11) is 0. The van der Waals surface area contributed by atoms with Gasteiger partial charge in [0.25, 0.3) is 5.91 Å². The van der Waals surface area contributed by atoms with Crippen LogP contribution in [0.15, 0.2) is 58.6 Å². The van der Waals surface area contributed by atoms with Crippen molar-refractivity contribution >= 4 is 33.6 Å². The summed E-state index contributed by atoms with van der Waals surface area (Å²) in [5, 5.41) is 11.9. The fourth-order valence-electron chi connectivity index (χ4n) is 1.88. The Kier molecular flexibility index (Phi) is 6.19. The molecule has 0 saturated carbocycles. The second-order valence-corrected chi connectivity index (χ2v) is 5.53. The van der Waals surface area contributed by atoms with Gasteiger partial charge < -0.3 is 10.1 Å². The van der Waals surface area contributed by atoms with E-state index in [0.29, 0.717) is 21.5 Å². The minimum absolute atomic E-state index is 0.00282. The molecule has 0 aromatic heterocycles. The molecule has 2 rings (SSSR count). The summed E-state index contributed by atoms with van der Waals surface area (Å²) in [6.07, 6.45) is 6.66. The van der Waals surface area contributed by atoms with Crippen LogP contribution in [0.2, 0.25) is 0 Å². The van der Waals surface area contributed by atoms with Gasteiger partial charge in [-0.15, -0.1) is 6.42 Å². The van der Waals surface area contributed by atoms with Crippen LogP contribution in [0.1, 0.15) is 5.56 Å². The van der Waals surface area contributed by atoms with E-state index in [-0.39, 0.29) is 12.2 Å². The molecule has 1 amide bonds. The van der Waals surface area contributed by atoms with Gasteiger partial charge in [0.1, 0.15) is 24.0 Å². The maximum atomic E-state index is 12.2. The number of carbonyl (C=O) groups is 1. The summed E-state index contributed by atoms with van der Waals surface area (Å²) in [5.74, 6) is 2.52. The Morgan fingerprint density at radius 1 is 1.29 bits per heavy atom. The summed E-state index contributed by atoms with van der Waals surface area (Å²) < 4.78 is 6.04. The molecule has 4 nitrogen and oxygen atoms in total. The maximum Gasteiger partial charge on any atom is 0.266 e. The third-order valence-electron chi connectivity index (χ3n) is 2.97. The standard InChI is InChI=1S/C19H13BrN2O2/c1-2-10-24-18-9-8-14(12-17(18)20)11-15(13-21)19(23)22-16-6-4-3-5-7-16/h1,3-9,11-12H,10H2,(H,22,23)/b15-11-. The minimum Gasteiger partial charge on any atom is -0.480 e. The predicted molar refractivity (Wildman–Crippen MR) is 97.1 cm³/mol. The highest BCUT2D eigenvalue weighted by molar-refractivity contribution is 9.10. The molecule has 0 spiro atoms. The van der Waals surface area contributed by atoms with E-state index in [0.717, 1.165) is 0 Å². The number of halogens is 1. The number of benzene rings is 2. The molecular weight excluding hydrogens is 368 g/mol. The molecule has 0 aliphatic carbocycles. The van der Waals surface area contributed by atoms with Gasteiger partial charge in [-0.3, -0.25) is 4.79 Å². The topological polar surface area (TPSA) is 62.1 Å². The highest BCUT2D eigenvalue weighted by Gasteiger charge is 2.10. The molecule has 0 saturated heterocycles. The van der Waals surface area contributed by atoms with E-state index in [9.17, 15) is 10.1 Å². The van der Waals surface area contributed by atoms with Crippen molar-refractivity contribution in [3.8, 4) is 24.2 Å². The number of hydrogen-bond acceptors (Lipinski definition) is 3. The van der Waals surface area contributed by atoms with Crippen molar-refractivity contribution in [1.82, 2.24) is 0 Å². The Hall–Kier alpha value is -3.02. The molecular formula is C19H13BrN2O2. The highest BCUT2D eigenvalue weighted by Crippen LogP contribution is 2.27. The molecule has 2 aromatic rings. The van der Waals surface area contributed by atoms with Crippen LogP contribution in [0.4, 0.5) is 5.69 Å². The van der Waals surface area contributed by atoms with Crippen LogP contribution in [-0.4, -0.2) is 12.5 Å². The number of hydrogen-bond donors (Lipinski definition) is 1. The molecule has 1 N–H and O–H groups in total. The quantitative estimate of drug-likeness (QED) is 0.484. The SMILES string of the molecule is C#CCOc1ccc(/C=C(/C#N)C(=O)Nc2ccccc2)cc1Br. The Labute approximate surface area is 148 Å². The number of nitrogens with one attached hydrogen (secondary N) is 1. The summed E-state index contributed by atoms with van der Waals surface area (Å²) >= 11 is 3.37. The number of terminal acetylenes is 1. The molecule has 0 bridgehead atoms. The third kappa shape index (κ3) is 4.74. The van der Waals surface area contributed by atoms with Crippen molar-refractivity contribution in [2.75, 3.05) is 11.9 Å². The van der Waals surface area contributed by atoms with Gasteiger partial charge in [-0.05, 0) is 51.8 Å². The van der Waals surface area contributed by atoms with Crippen molar-refractivity contribution in [1.29, 1.82) is 5.26 Å². The van der Waals surface area contributed by atoms with E-state index in [1.165, 1.54) is 6.08 Å². The maximum absolute atomic E-state index is 12.2. The zero-order chi connectivity index (χ0) is 17.4. The number of anilines is 1. The van der Waals surface area contributed by atoms with E-state index >= 15 is 0 Å². The Morgan fingerprint density at radius 3 is 2.67 bits per heavy atom. The normalized spacial score (nSPS) is 10.4. The number of carbonyl (C=O) groups excluding carboxylic acids is 1. The van der Waals surface area contributed by atoms with Crippen LogP contribution in [0.5, 0.6) is 5.75 Å². The number of nitrogens with zero attached hydrogens (tertiary/aromatic N) is 1. The number of amides is 1. The summed E-state index contributed by atoms with van der Waals surface area (Å²) in [4.78, 5) is 12.2. The minimum atomic E-state index is -0.465. The Morgan fingerprint density at radius 2 is 2.04 bits per heavy atom. The van der Waals surface area contributed by atoms with Crippen LogP contribution in [0, 0.1) is 23.7 Å². The van der Waals surface area contributed by atoms with Crippen molar-refractivity contribution in [3.63, 3.8) is 0 Å². The van der Waals surface area contributed by atoms with Gasteiger partial charge in [0.15, 0.2) is 0 Å². The number of para-hydroxylation sites is 1. The first-order valence-electron chi connectivity index (χ1n) is 6.98. The van der Waals surface area contributed by atoms with Crippen molar-refractivity contribution in [2.24, 2.45) is 0 Å². The number of ether oxygens (including phenoxy) is 1. The average Bonchev–Trinajstić information content (AvgIpc) is 2.59. The summed E-state index contributed by atoms with van der Waals surface area (Å²) in [6, 6.07) is 16.1. The fourth-order valence-corrected chi connectivity index (χ4v) is 2.39. The van der Waals surface area contributed by atoms with Gasteiger partial charge in [0.05, 0.1) is 4.47 Å². The van der Waals surface area contributed by atoms with Crippen LogP contribution < -0.4 is 10.1 Å². The largest absolute Gasteiger partial charge is 0.480 e. The monoisotopic (exact) mass is 380 g/mol. The molecule has 0 atom stereocenters. The predicted octanol–water partition coefficient (Wildman–Crippen LogP) is 4.01. The third-order valence-corrected chi connectivity index (χ3v) is 3.59. The molecule has 0 unspecified atom stereocenters. The first kappa shape index (κ1) is 17.3. The lowest BCUT2D eigenvalue weighted by molar-refractivity contribution is -0.112. The lowest BCUT2D eigenvalue weighted by Crippen LogP contribution is -2.13. The molecule has 0 radical (unpaired) electrons. The molecule has 24 heavy (non-hydrogen) atoms. The smallest absolute Gasteiger partial charge is 0.266 e. The van der Waals surface area contributed by atoms with Crippen molar-refractivity contribution < 1.29 is 9.53 Å². The number of rotatable bonds is 5. The van der Waals surface area contributed by atoms with Gasteiger partial charge in [0, 0.05) is 5.69 Å². The van der Waals surface area contributed by atoms with E-state index in [4.69, 9.17) is 11.2 Å². The van der Waals surface area contributed by atoms with Gasteiger partial charge >= 0.3 is 0 Å². The summed E-state index contributed by atoms with van der Waals surface area (Å²) in [5.41, 5.74) is 1.32. The van der Waals surface area contributed by atoms with Gasteiger partial charge in [0.2, 0.25) is 0 Å². The lowest BCUT2D eigenvalue weighted by Gasteiger charge is -2.06. The van der Waals surface area contributed by atoms with E-state index in [1.54, 1.807) is 42.5 Å². The highest BCUT2D eigenvalue weighted by atomic mass is 79.9. The molecule has 0 aliphatic rings. The van der Waals surface area contributed by atoms with Crippen LogP contribution >= 0.6 is 15.9 Å². The second-order valence-electron chi connectivity index (χ2n) is 4.67. The molecule has 0 heterocycles. The zero-order valence-corrected chi connectivity index (χ0v) is 14.2. The Bertz CT molecular complexity index is 846. The van der Waals surface area contributed by atoms with Crippen LogP contribution in [0.25, 0.3) is 6.08 Å². The van der Waals surface area contributed by atoms with Gasteiger partial charge in [-0.25, -0.2) is 0 Å². The van der Waals surface area contributed by atoms with E-state index < -0.39 is 5.91 Å². The van der Waals surface area contributed by atoms with Crippen LogP contribution in [-0.2, 0) is 4.79 Å². The first-order chi connectivity index (χ1) is 11.6. The second kappa shape index (κ2) is 8.57. The van der Waals surface area contributed by atoms with E-state index in [2.05, 4.69) is 27.2 Å². The molecule has 0 fully saturated rings. The van der Waals surface area contributed by atoms with E-state index in [1.807, 2.05) is 12.1 Å². The van der Waals surface area contributed by atoms with Crippen LogP contribution in [0.3, 0.4) is 0 Å². The number of nitriles is 1.